The highest BCUT2D eigenvalue weighted by Gasteiger charge is 2.09. The van der Waals surface area contributed by atoms with E-state index in [-0.39, 0.29) is 12.2 Å². The monoisotopic (exact) mass is 285 g/mol. The Balaban J connectivity index is 2.88. The van der Waals surface area contributed by atoms with Crippen LogP contribution in [-0.2, 0) is 9.53 Å². The molecular formula is C10H8BrNO2S. The van der Waals surface area contributed by atoms with Crippen LogP contribution in [-0.4, -0.2) is 12.6 Å². The van der Waals surface area contributed by atoms with Gasteiger partial charge in [0.05, 0.1) is 10.4 Å². The van der Waals surface area contributed by atoms with Crippen LogP contribution in [0, 0.1) is 11.3 Å². The van der Waals surface area contributed by atoms with Crippen LogP contribution in [0.5, 0.6) is 0 Å². The Hall–Kier alpha value is -1.12. The molecule has 0 fully saturated rings. The highest BCUT2D eigenvalue weighted by molar-refractivity contribution is 9.11. The van der Waals surface area contributed by atoms with Crippen LogP contribution in [0.15, 0.2) is 21.5 Å². The Kier molecular flexibility index (Phi) is 4.53. The van der Waals surface area contributed by atoms with Crippen LogP contribution in [0.2, 0.25) is 0 Å². The van der Waals surface area contributed by atoms with Gasteiger partial charge in [-0.05, 0) is 41.1 Å². The van der Waals surface area contributed by atoms with E-state index in [0.717, 1.165) is 8.66 Å². The second kappa shape index (κ2) is 5.69. The Bertz CT molecular complexity index is 431. The normalized spacial score (nSPS) is 10.9. The standard InChI is InChI=1S/C10H8BrNO2S/c1-2-14-10(13)7(6-12)5-8-3-4-9(11)15-8/h3-5H,2H2,1H3. The predicted molar refractivity (Wildman–Crippen MR) is 62.2 cm³/mol. The van der Waals surface area contributed by atoms with E-state index in [1.807, 2.05) is 18.2 Å². The summed E-state index contributed by atoms with van der Waals surface area (Å²) in [5, 5.41) is 8.76. The Labute approximate surface area is 100 Å². The first-order valence-electron chi connectivity index (χ1n) is 4.21. The first kappa shape index (κ1) is 12.0. The van der Waals surface area contributed by atoms with Crippen molar-refractivity contribution in [3.8, 4) is 6.07 Å². The molecule has 5 heteroatoms. The molecule has 0 saturated heterocycles. The van der Waals surface area contributed by atoms with E-state index in [1.165, 1.54) is 17.4 Å². The van der Waals surface area contributed by atoms with E-state index < -0.39 is 5.97 Å². The molecule has 0 unspecified atom stereocenters. The molecule has 0 amide bonds. The number of carbonyl (C=O) groups is 1. The Morgan fingerprint density at radius 1 is 1.73 bits per heavy atom. The molecule has 1 aromatic heterocycles. The molecule has 0 radical (unpaired) electrons. The smallest absolute Gasteiger partial charge is 0.348 e. The van der Waals surface area contributed by atoms with Crippen molar-refractivity contribution >= 4 is 39.3 Å². The molecular weight excluding hydrogens is 278 g/mol. The molecule has 1 aromatic rings. The molecule has 0 spiro atoms. The third-order valence-corrected chi connectivity index (χ3v) is 3.07. The van der Waals surface area contributed by atoms with Gasteiger partial charge in [0.1, 0.15) is 11.6 Å². The number of nitrogens with zero attached hydrogens (tertiary/aromatic N) is 1. The van der Waals surface area contributed by atoms with Gasteiger partial charge in [-0.25, -0.2) is 4.79 Å². The lowest BCUT2D eigenvalue weighted by Crippen LogP contribution is -2.05. The van der Waals surface area contributed by atoms with Crippen molar-refractivity contribution < 1.29 is 9.53 Å². The SMILES string of the molecule is CCOC(=O)C(C#N)=Cc1ccc(Br)s1. The number of carbonyl (C=O) groups excluding carboxylic acids is 1. The zero-order chi connectivity index (χ0) is 11.3. The van der Waals surface area contributed by atoms with E-state index in [2.05, 4.69) is 15.9 Å². The topological polar surface area (TPSA) is 50.1 Å². The zero-order valence-electron chi connectivity index (χ0n) is 7.99. The first-order valence-corrected chi connectivity index (χ1v) is 5.82. The summed E-state index contributed by atoms with van der Waals surface area (Å²) in [7, 11) is 0. The summed E-state index contributed by atoms with van der Waals surface area (Å²) in [5.74, 6) is -0.579. The minimum Gasteiger partial charge on any atom is -0.462 e. The minimum atomic E-state index is -0.579. The molecule has 0 atom stereocenters. The van der Waals surface area contributed by atoms with Gasteiger partial charge in [0.15, 0.2) is 0 Å². The van der Waals surface area contributed by atoms with Crippen molar-refractivity contribution in [1.82, 2.24) is 0 Å². The van der Waals surface area contributed by atoms with Crippen LogP contribution < -0.4 is 0 Å². The van der Waals surface area contributed by atoms with E-state index >= 15 is 0 Å². The number of hydrogen-bond acceptors (Lipinski definition) is 4. The molecule has 0 saturated carbocycles. The number of halogens is 1. The maximum Gasteiger partial charge on any atom is 0.348 e. The van der Waals surface area contributed by atoms with Gasteiger partial charge >= 0.3 is 5.97 Å². The van der Waals surface area contributed by atoms with Crippen LogP contribution in [0.4, 0.5) is 0 Å². The molecule has 0 aliphatic carbocycles. The van der Waals surface area contributed by atoms with E-state index in [9.17, 15) is 4.79 Å². The van der Waals surface area contributed by atoms with Gasteiger partial charge in [-0.2, -0.15) is 5.26 Å². The largest absolute Gasteiger partial charge is 0.462 e. The third kappa shape index (κ3) is 3.50. The average molecular weight is 286 g/mol. The third-order valence-electron chi connectivity index (χ3n) is 1.50. The van der Waals surface area contributed by atoms with Crippen LogP contribution in [0.3, 0.4) is 0 Å². The van der Waals surface area contributed by atoms with Crippen LogP contribution in [0.25, 0.3) is 6.08 Å². The summed E-state index contributed by atoms with van der Waals surface area (Å²) in [6, 6.07) is 5.50. The quantitative estimate of drug-likeness (QED) is 0.487. The summed E-state index contributed by atoms with van der Waals surface area (Å²) >= 11 is 4.75. The van der Waals surface area contributed by atoms with E-state index in [4.69, 9.17) is 10.00 Å². The second-order valence-electron chi connectivity index (χ2n) is 2.53. The van der Waals surface area contributed by atoms with Gasteiger partial charge in [0.2, 0.25) is 0 Å². The van der Waals surface area contributed by atoms with Gasteiger partial charge in [-0.1, -0.05) is 0 Å². The molecule has 1 rings (SSSR count). The van der Waals surface area contributed by atoms with Crippen molar-refractivity contribution in [3.05, 3.63) is 26.4 Å². The lowest BCUT2D eigenvalue weighted by molar-refractivity contribution is -0.137. The van der Waals surface area contributed by atoms with E-state index in [0.29, 0.717) is 0 Å². The summed E-state index contributed by atoms with van der Waals surface area (Å²) in [6.45, 7) is 1.97. The molecule has 78 valence electrons. The number of thiophene rings is 1. The van der Waals surface area contributed by atoms with Gasteiger partial charge in [0, 0.05) is 4.88 Å². The fourth-order valence-corrected chi connectivity index (χ4v) is 2.26. The number of hydrogen-bond donors (Lipinski definition) is 0. The first-order chi connectivity index (χ1) is 7.17. The highest BCUT2D eigenvalue weighted by Crippen LogP contribution is 2.24. The van der Waals surface area contributed by atoms with E-state index in [1.54, 1.807) is 6.92 Å². The Morgan fingerprint density at radius 3 is 2.93 bits per heavy atom. The molecule has 1 heterocycles. The van der Waals surface area contributed by atoms with Gasteiger partial charge in [-0.15, -0.1) is 11.3 Å². The van der Waals surface area contributed by atoms with Crippen LogP contribution >= 0.6 is 27.3 Å². The minimum absolute atomic E-state index is 0.0196. The van der Waals surface area contributed by atoms with Gasteiger partial charge < -0.3 is 4.74 Å². The number of rotatable bonds is 3. The number of ether oxygens (including phenoxy) is 1. The van der Waals surface area contributed by atoms with Crippen molar-refractivity contribution in [2.75, 3.05) is 6.61 Å². The predicted octanol–water partition coefficient (Wildman–Crippen LogP) is 2.98. The molecule has 0 N–H and O–H groups in total. The summed E-state index contributed by atoms with van der Waals surface area (Å²) in [4.78, 5) is 12.1. The highest BCUT2D eigenvalue weighted by atomic mass is 79.9. The van der Waals surface area contributed by atoms with Crippen molar-refractivity contribution in [2.45, 2.75) is 6.92 Å². The molecule has 3 nitrogen and oxygen atoms in total. The van der Waals surface area contributed by atoms with Crippen molar-refractivity contribution in [2.24, 2.45) is 0 Å². The second-order valence-corrected chi connectivity index (χ2v) is 5.03. The summed E-state index contributed by atoms with van der Waals surface area (Å²) < 4.78 is 5.69. The molecule has 0 aliphatic rings. The summed E-state index contributed by atoms with van der Waals surface area (Å²) in [5.41, 5.74) is 0.0196. The van der Waals surface area contributed by atoms with Crippen molar-refractivity contribution in [3.63, 3.8) is 0 Å². The lowest BCUT2D eigenvalue weighted by atomic mass is 10.2. The maximum absolute atomic E-state index is 11.3. The fourth-order valence-electron chi connectivity index (χ4n) is 0.894. The molecule has 15 heavy (non-hydrogen) atoms. The number of nitriles is 1. The lowest BCUT2D eigenvalue weighted by Gasteiger charge is -1.97. The maximum atomic E-state index is 11.3. The van der Waals surface area contributed by atoms with Gasteiger partial charge in [0.25, 0.3) is 0 Å². The summed E-state index contributed by atoms with van der Waals surface area (Å²) in [6.07, 6.45) is 1.52. The average Bonchev–Trinajstić information content (AvgIpc) is 2.61. The van der Waals surface area contributed by atoms with Gasteiger partial charge in [-0.3, -0.25) is 0 Å². The number of esters is 1. The van der Waals surface area contributed by atoms with Crippen LogP contribution in [0.1, 0.15) is 11.8 Å². The molecule has 0 aliphatic heterocycles. The Morgan fingerprint density at radius 2 is 2.47 bits per heavy atom. The molecule has 0 bridgehead atoms. The fraction of sp³-hybridized carbons (Fsp3) is 0.200. The molecule has 0 aromatic carbocycles. The zero-order valence-corrected chi connectivity index (χ0v) is 10.4. The van der Waals surface area contributed by atoms with Crippen molar-refractivity contribution in [1.29, 1.82) is 5.26 Å².